The zero-order valence-electron chi connectivity index (χ0n) is 11.1. The molecule has 1 aromatic heterocycles. The van der Waals surface area contributed by atoms with E-state index in [-0.39, 0.29) is 0 Å². The molecule has 0 aliphatic rings. The first-order valence-electron chi connectivity index (χ1n) is 5.90. The number of rotatable bonds is 7. The van der Waals surface area contributed by atoms with Crippen LogP contribution in [0.2, 0.25) is 0 Å². The second-order valence-electron chi connectivity index (χ2n) is 4.18. The standard InChI is InChI=1S/C13H22N2O2/c1-10(11(2)15-5-6-16-3)12-7-13(17-4)9-14-8-12/h7-11,15H,5-6H2,1-4H3. The molecule has 0 bridgehead atoms. The topological polar surface area (TPSA) is 43.4 Å². The summed E-state index contributed by atoms with van der Waals surface area (Å²) in [5.74, 6) is 1.19. The maximum Gasteiger partial charge on any atom is 0.137 e. The molecule has 1 rings (SSSR count). The molecule has 1 N–H and O–H groups in total. The molecule has 1 aromatic rings. The number of ether oxygens (including phenoxy) is 2. The van der Waals surface area contributed by atoms with E-state index in [0.29, 0.717) is 12.0 Å². The average Bonchev–Trinajstić information content (AvgIpc) is 2.38. The molecular weight excluding hydrogens is 216 g/mol. The van der Waals surface area contributed by atoms with Gasteiger partial charge in [0.25, 0.3) is 0 Å². The van der Waals surface area contributed by atoms with Crippen LogP contribution in [0.15, 0.2) is 18.5 Å². The van der Waals surface area contributed by atoms with Crippen molar-refractivity contribution in [2.24, 2.45) is 0 Å². The molecule has 0 spiro atoms. The maximum atomic E-state index is 5.18. The summed E-state index contributed by atoms with van der Waals surface area (Å²) in [6.45, 7) is 5.94. The predicted molar refractivity (Wildman–Crippen MR) is 68.5 cm³/mol. The van der Waals surface area contributed by atoms with Crippen LogP contribution >= 0.6 is 0 Å². The highest BCUT2D eigenvalue weighted by atomic mass is 16.5. The van der Waals surface area contributed by atoms with E-state index in [1.165, 1.54) is 5.56 Å². The van der Waals surface area contributed by atoms with Gasteiger partial charge < -0.3 is 14.8 Å². The van der Waals surface area contributed by atoms with Crippen molar-refractivity contribution in [2.75, 3.05) is 27.4 Å². The minimum absolute atomic E-state index is 0.374. The van der Waals surface area contributed by atoms with Gasteiger partial charge in [0.1, 0.15) is 5.75 Å². The first kappa shape index (κ1) is 13.9. The van der Waals surface area contributed by atoms with Crippen molar-refractivity contribution < 1.29 is 9.47 Å². The summed E-state index contributed by atoms with van der Waals surface area (Å²) < 4.78 is 10.2. The summed E-state index contributed by atoms with van der Waals surface area (Å²) in [7, 11) is 3.37. The fraction of sp³-hybridized carbons (Fsp3) is 0.615. The monoisotopic (exact) mass is 238 g/mol. The second-order valence-corrected chi connectivity index (χ2v) is 4.18. The number of hydrogen-bond donors (Lipinski definition) is 1. The smallest absolute Gasteiger partial charge is 0.137 e. The van der Waals surface area contributed by atoms with Crippen molar-refractivity contribution in [1.82, 2.24) is 10.3 Å². The van der Waals surface area contributed by atoms with Crippen LogP contribution in [0.3, 0.4) is 0 Å². The Balaban J connectivity index is 2.57. The van der Waals surface area contributed by atoms with Gasteiger partial charge in [0.2, 0.25) is 0 Å². The van der Waals surface area contributed by atoms with E-state index < -0.39 is 0 Å². The van der Waals surface area contributed by atoms with E-state index in [1.807, 2.05) is 12.3 Å². The van der Waals surface area contributed by atoms with Gasteiger partial charge in [0, 0.05) is 25.9 Å². The van der Waals surface area contributed by atoms with Crippen molar-refractivity contribution in [2.45, 2.75) is 25.8 Å². The molecule has 0 amide bonds. The Hall–Kier alpha value is -1.13. The van der Waals surface area contributed by atoms with Crippen molar-refractivity contribution in [3.05, 3.63) is 24.0 Å². The molecule has 0 saturated heterocycles. The fourth-order valence-electron chi connectivity index (χ4n) is 1.65. The summed E-state index contributed by atoms with van der Waals surface area (Å²) in [6.07, 6.45) is 3.61. The third-order valence-corrected chi connectivity index (χ3v) is 3.02. The Kier molecular flexibility index (Phi) is 5.94. The average molecular weight is 238 g/mol. The van der Waals surface area contributed by atoms with Gasteiger partial charge in [0.15, 0.2) is 0 Å². The zero-order valence-corrected chi connectivity index (χ0v) is 11.1. The van der Waals surface area contributed by atoms with Crippen LogP contribution in [0.5, 0.6) is 5.75 Å². The van der Waals surface area contributed by atoms with E-state index >= 15 is 0 Å². The number of hydrogen-bond acceptors (Lipinski definition) is 4. The van der Waals surface area contributed by atoms with Crippen molar-refractivity contribution in [3.8, 4) is 5.75 Å². The predicted octanol–water partition coefficient (Wildman–Crippen LogP) is 1.82. The molecule has 0 saturated carbocycles. The van der Waals surface area contributed by atoms with Gasteiger partial charge in [-0.3, -0.25) is 4.98 Å². The number of nitrogens with zero attached hydrogens (tertiary/aromatic N) is 1. The van der Waals surface area contributed by atoms with E-state index in [0.717, 1.165) is 18.9 Å². The molecule has 0 radical (unpaired) electrons. The van der Waals surface area contributed by atoms with Gasteiger partial charge in [-0.2, -0.15) is 0 Å². The van der Waals surface area contributed by atoms with Gasteiger partial charge in [0.05, 0.1) is 19.9 Å². The Morgan fingerprint density at radius 2 is 2.06 bits per heavy atom. The number of methoxy groups -OCH3 is 2. The molecule has 0 aliphatic carbocycles. The first-order chi connectivity index (χ1) is 8.19. The lowest BCUT2D eigenvalue weighted by atomic mass is 9.96. The van der Waals surface area contributed by atoms with Crippen LogP contribution in [0.4, 0.5) is 0 Å². The van der Waals surface area contributed by atoms with Crippen LogP contribution in [0.1, 0.15) is 25.3 Å². The lowest BCUT2D eigenvalue weighted by molar-refractivity contribution is 0.195. The fourth-order valence-corrected chi connectivity index (χ4v) is 1.65. The first-order valence-corrected chi connectivity index (χ1v) is 5.90. The number of aromatic nitrogens is 1. The molecule has 2 atom stereocenters. The van der Waals surface area contributed by atoms with E-state index in [2.05, 4.69) is 24.1 Å². The molecule has 4 nitrogen and oxygen atoms in total. The third-order valence-electron chi connectivity index (χ3n) is 3.02. The summed E-state index contributed by atoms with van der Waals surface area (Å²) in [6, 6.07) is 2.41. The van der Waals surface area contributed by atoms with Crippen molar-refractivity contribution >= 4 is 0 Å². The molecular formula is C13H22N2O2. The summed E-state index contributed by atoms with van der Waals surface area (Å²) in [4.78, 5) is 4.18. The Bertz CT molecular complexity index is 331. The largest absolute Gasteiger partial charge is 0.495 e. The third kappa shape index (κ3) is 4.32. The summed E-state index contributed by atoms with van der Waals surface area (Å²) in [5, 5.41) is 3.43. The van der Waals surface area contributed by atoms with Gasteiger partial charge in [-0.25, -0.2) is 0 Å². The highest BCUT2D eigenvalue weighted by Gasteiger charge is 2.14. The quantitative estimate of drug-likeness (QED) is 0.736. The summed E-state index contributed by atoms with van der Waals surface area (Å²) in [5.41, 5.74) is 1.18. The molecule has 96 valence electrons. The van der Waals surface area contributed by atoms with Crippen LogP contribution in [0.25, 0.3) is 0 Å². The minimum Gasteiger partial charge on any atom is -0.495 e. The Labute approximate surface area is 103 Å². The van der Waals surface area contributed by atoms with Crippen LogP contribution in [-0.2, 0) is 4.74 Å². The van der Waals surface area contributed by atoms with Crippen molar-refractivity contribution in [1.29, 1.82) is 0 Å². The van der Waals surface area contributed by atoms with Crippen LogP contribution < -0.4 is 10.1 Å². The molecule has 0 fully saturated rings. The van der Waals surface area contributed by atoms with Crippen molar-refractivity contribution in [3.63, 3.8) is 0 Å². The SMILES string of the molecule is COCCNC(C)C(C)c1cncc(OC)c1. The highest BCUT2D eigenvalue weighted by Crippen LogP contribution is 2.21. The lowest BCUT2D eigenvalue weighted by Crippen LogP contribution is -2.33. The van der Waals surface area contributed by atoms with Crippen LogP contribution in [-0.4, -0.2) is 38.4 Å². The minimum atomic E-state index is 0.374. The Morgan fingerprint density at radius 3 is 2.71 bits per heavy atom. The number of pyridine rings is 1. The van der Waals surface area contributed by atoms with Gasteiger partial charge >= 0.3 is 0 Å². The lowest BCUT2D eigenvalue weighted by Gasteiger charge is -2.21. The molecule has 0 aromatic carbocycles. The van der Waals surface area contributed by atoms with E-state index in [9.17, 15) is 0 Å². The summed E-state index contributed by atoms with van der Waals surface area (Å²) >= 11 is 0. The van der Waals surface area contributed by atoms with E-state index in [1.54, 1.807) is 20.4 Å². The molecule has 17 heavy (non-hydrogen) atoms. The van der Waals surface area contributed by atoms with Gasteiger partial charge in [-0.15, -0.1) is 0 Å². The normalized spacial score (nSPS) is 14.4. The molecule has 1 heterocycles. The molecule has 0 aliphatic heterocycles. The molecule has 4 heteroatoms. The zero-order chi connectivity index (χ0) is 12.7. The highest BCUT2D eigenvalue weighted by molar-refractivity contribution is 5.26. The molecule has 2 unspecified atom stereocenters. The Morgan fingerprint density at radius 1 is 1.29 bits per heavy atom. The van der Waals surface area contributed by atoms with Gasteiger partial charge in [-0.1, -0.05) is 6.92 Å². The van der Waals surface area contributed by atoms with E-state index in [4.69, 9.17) is 9.47 Å². The van der Waals surface area contributed by atoms with Crippen LogP contribution in [0, 0.1) is 0 Å². The number of nitrogens with one attached hydrogen (secondary N) is 1. The second kappa shape index (κ2) is 7.25. The maximum absolute atomic E-state index is 5.18. The van der Waals surface area contributed by atoms with Gasteiger partial charge in [-0.05, 0) is 24.5 Å².